The van der Waals surface area contributed by atoms with Crippen LogP contribution >= 0.6 is 12.2 Å². The van der Waals surface area contributed by atoms with Gasteiger partial charge in [-0.2, -0.15) is 0 Å². The van der Waals surface area contributed by atoms with Crippen LogP contribution in [0.5, 0.6) is 0 Å². The highest BCUT2D eigenvalue weighted by Gasteiger charge is 2.41. The average molecular weight is 457 g/mol. The number of hydrogen-bond donors (Lipinski definition) is 1. The summed E-state index contributed by atoms with van der Waals surface area (Å²) in [5.74, 6) is 1.27. The maximum atomic E-state index is 11.2. The summed E-state index contributed by atoms with van der Waals surface area (Å²) in [7, 11) is 0. The van der Waals surface area contributed by atoms with E-state index in [2.05, 4.69) is 27.3 Å². The van der Waals surface area contributed by atoms with Crippen LogP contribution in [0, 0.1) is 10.1 Å². The van der Waals surface area contributed by atoms with E-state index in [1.54, 1.807) is 18.3 Å². The zero-order chi connectivity index (χ0) is 22.8. The molecule has 0 aliphatic carbocycles. The lowest BCUT2D eigenvalue weighted by Crippen LogP contribution is -2.29. The van der Waals surface area contributed by atoms with Crippen molar-refractivity contribution in [2.24, 2.45) is 0 Å². The van der Waals surface area contributed by atoms with Crippen LogP contribution in [0.15, 0.2) is 95.5 Å². The normalized spacial score (nSPS) is 17.7. The van der Waals surface area contributed by atoms with E-state index in [0.717, 1.165) is 11.3 Å². The lowest BCUT2D eigenvalue weighted by atomic mass is 10.0. The molecule has 1 aliphatic rings. The zero-order valence-electron chi connectivity index (χ0n) is 17.5. The molecule has 2 aromatic carbocycles. The van der Waals surface area contributed by atoms with E-state index in [1.807, 2.05) is 48.5 Å². The van der Waals surface area contributed by atoms with Crippen molar-refractivity contribution in [2.45, 2.75) is 18.6 Å². The van der Waals surface area contributed by atoms with Gasteiger partial charge in [-0.15, -0.1) is 0 Å². The van der Waals surface area contributed by atoms with Gasteiger partial charge in [0.1, 0.15) is 17.6 Å². The Kier molecular flexibility index (Phi) is 5.58. The lowest BCUT2D eigenvalue weighted by Gasteiger charge is -2.26. The Labute approximate surface area is 195 Å². The van der Waals surface area contributed by atoms with Gasteiger partial charge in [-0.3, -0.25) is 15.1 Å². The fourth-order valence-corrected chi connectivity index (χ4v) is 4.41. The number of nitro benzene ring substituents is 1. The molecule has 4 aromatic rings. The molecule has 0 saturated carbocycles. The Hall–Kier alpha value is -4.04. The number of hydrogen-bond acceptors (Lipinski definition) is 5. The van der Waals surface area contributed by atoms with Gasteiger partial charge in [-0.25, -0.2) is 0 Å². The van der Waals surface area contributed by atoms with E-state index in [-0.39, 0.29) is 17.8 Å². The number of nitro groups is 1. The summed E-state index contributed by atoms with van der Waals surface area (Å²) in [5, 5.41) is 15.2. The number of furan rings is 1. The number of rotatable bonds is 6. The van der Waals surface area contributed by atoms with E-state index in [0.29, 0.717) is 28.7 Å². The molecule has 0 unspecified atom stereocenters. The van der Waals surface area contributed by atoms with Crippen molar-refractivity contribution >= 4 is 23.0 Å². The summed E-state index contributed by atoms with van der Waals surface area (Å²) in [5.41, 5.74) is 2.65. The molecule has 1 aliphatic heterocycles. The highest BCUT2D eigenvalue weighted by atomic mass is 32.1. The average Bonchev–Trinajstić information content (AvgIpc) is 3.45. The third-order valence-corrected chi connectivity index (χ3v) is 6.01. The molecular weight excluding hydrogens is 436 g/mol. The van der Waals surface area contributed by atoms with Crippen molar-refractivity contribution in [3.8, 4) is 11.3 Å². The monoisotopic (exact) mass is 456 g/mol. The fraction of sp³-hybridized carbons (Fsp3) is 0.120. The minimum absolute atomic E-state index is 0.0197. The van der Waals surface area contributed by atoms with Gasteiger partial charge in [0.25, 0.3) is 5.69 Å². The van der Waals surface area contributed by atoms with Crippen molar-refractivity contribution in [1.82, 2.24) is 15.2 Å². The summed E-state index contributed by atoms with van der Waals surface area (Å²) in [4.78, 5) is 17.4. The van der Waals surface area contributed by atoms with Gasteiger partial charge in [0.2, 0.25) is 0 Å². The molecule has 2 atom stereocenters. The third-order valence-electron chi connectivity index (χ3n) is 5.65. The van der Waals surface area contributed by atoms with E-state index in [1.165, 1.54) is 12.1 Å². The summed E-state index contributed by atoms with van der Waals surface area (Å²) < 4.78 is 6.26. The van der Waals surface area contributed by atoms with Crippen LogP contribution in [0.3, 0.4) is 0 Å². The SMILES string of the molecule is O=[N+]([O-])c1cccc(-c2ccc([C@H]3[C@@H](c4ccccn4)NC(=S)N3Cc3ccccc3)o2)c1. The van der Waals surface area contributed by atoms with Crippen LogP contribution < -0.4 is 5.32 Å². The predicted molar refractivity (Wildman–Crippen MR) is 128 cm³/mol. The van der Waals surface area contributed by atoms with Crippen LogP contribution in [0.2, 0.25) is 0 Å². The highest BCUT2D eigenvalue weighted by Crippen LogP contribution is 2.41. The Morgan fingerprint density at radius 2 is 1.85 bits per heavy atom. The second kappa shape index (κ2) is 8.84. The molecule has 0 bridgehead atoms. The van der Waals surface area contributed by atoms with Crippen molar-refractivity contribution in [2.75, 3.05) is 0 Å². The van der Waals surface area contributed by atoms with E-state index < -0.39 is 4.92 Å². The van der Waals surface area contributed by atoms with Crippen molar-refractivity contribution in [3.05, 3.63) is 118 Å². The molecule has 0 spiro atoms. The number of nitrogens with one attached hydrogen (secondary N) is 1. The van der Waals surface area contributed by atoms with Crippen LogP contribution in [-0.2, 0) is 6.54 Å². The summed E-state index contributed by atoms with van der Waals surface area (Å²) in [6.45, 7) is 0.605. The molecule has 2 aromatic heterocycles. The molecule has 1 N–H and O–H groups in total. The van der Waals surface area contributed by atoms with E-state index >= 15 is 0 Å². The van der Waals surface area contributed by atoms with E-state index in [9.17, 15) is 10.1 Å². The van der Waals surface area contributed by atoms with Crippen LogP contribution in [0.4, 0.5) is 5.69 Å². The number of benzene rings is 2. The molecule has 1 saturated heterocycles. The first kappa shape index (κ1) is 20.8. The molecule has 7 nitrogen and oxygen atoms in total. The van der Waals surface area contributed by atoms with Crippen molar-refractivity contribution in [3.63, 3.8) is 0 Å². The maximum absolute atomic E-state index is 11.2. The van der Waals surface area contributed by atoms with Gasteiger partial charge in [-0.05, 0) is 42.0 Å². The first-order valence-corrected chi connectivity index (χ1v) is 10.9. The lowest BCUT2D eigenvalue weighted by molar-refractivity contribution is -0.384. The Morgan fingerprint density at radius 1 is 1.03 bits per heavy atom. The second-order valence-corrected chi connectivity index (χ2v) is 8.14. The largest absolute Gasteiger partial charge is 0.459 e. The fourth-order valence-electron chi connectivity index (χ4n) is 4.10. The highest BCUT2D eigenvalue weighted by molar-refractivity contribution is 7.80. The molecule has 0 radical (unpaired) electrons. The van der Waals surface area contributed by atoms with Gasteiger partial charge in [0.05, 0.1) is 16.7 Å². The second-order valence-electron chi connectivity index (χ2n) is 7.75. The Bertz CT molecular complexity index is 1290. The molecule has 33 heavy (non-hydrogen) atoms. The minimum atomic E-state index is -0.411. The first-order valence-electron chi connectivity index (χ1n) is 10.5. The number of pyridine rings is 1. The number of thiocarbonyl (C=S) groups is 1. The number of nitrogens with zero attached hydrogens (tertiary/aromatic N) is 3. The molecule has 5 rings (SSSR count). The van der Waals surface area contributed by atoms with Crippen molar-refractivity contribution < 1.29 is 9.34 Å². The van der Waals surface area contributed by atoms with Gasteiger partial charge in [0.15, 0.2) is 5.11 Å². The summed E-state index contributed by atoms with van der Waals surface area (Å²) in [6.07, 6.45) is 1.76. The molecule has 8 heteroatoms. The van der Waals surface area contributed by atoms with Crippen LogP contribution in [0.1, 0.15) is 29.1 Å². The number of non-ortho nitro benzene ring substituents is 1. The maximum Gasteiger partial charge on any atom is 0.270 e. The molecular formula is C25H20N4O3S. The quantitative estimate of drug-likeness (QED) is 0.235. The van der Waals surface area contributed by atoms with Gasteiger partial charge < -0.3 is 14.6 Å². The van der Waals surface area contributed by atoms with Crippen LogP contribution in [-0.4, -0.2) is 19.9 Å². The third kappa shape index (κ3) is 4.20. The Balaban J connectivity index is 1.53. The Morgan fingerprint density at radius 3 is 2.61 bits per heavy atom. The van der Waals surface area contributed by atoms with Gasteiger partial charge >= 0.3 is 0 Å². The topological polar surface area (TPSA) is 84.4 Å². The van der Waals surface area contributed by atoms with Crippen molar-refractivity contribution in [1.29, 1.82) is 0 Å². The van der Waals surface area contributed by atoms with E-state index in [4.69, 9.17) is 16.6 Å². The molecule has 3 heterocycles. The standard InChI is InChI=1S/C25H20N4O3S/c30-29(31)19-10-6-9-18(15-19)21-12-13-22(32-21)24-23(20-11-4-5-14-26-20)27-25(33)28(24)16-17-7-2-1-3-8-17/h1-15,23-24H,16H2,(H,27,33)/t23-,24+/m1/s1. The first-order chi connectivity index (χ1) is 16.1. The van der Waals surface area contributed by atoms with Crippen LogP contribution in [0.25, 0.3) is 11.3 Å². The summed E-state index contributed by atoms with van der Waals surface area (Å²) in [6, 6.07) is 25.6. The molecule has 1 fully saturated rings. The zero-order valence-corrected chi connectivity index (χ0v) is 18.3. The smallest absolute Gasteiger partial charge is 0.270 e. The van der Waals surface area contributed by atoms with Gasteiger partial charge in [0, 0.05) is 30.4 Å². The minimum Gasteiger partial charge on any atom is -0.459 e. The van der Waals surface area contributed by atoms with Gasteiger partial charge in [-0.1, -0.05) is 48.5 Å². The predicted octanol–water partition coefficient (Wildman–Crippen LogP) is 5.42. The summed E-state index contributed by atoms with van der Waals surface area (Å²) >= 11 is 5.71. The molecule has 164 valence electrons. The number of aromatic nitrogens is 1. The molecule has 0 amide bonds.